The van der Waals surface area contributed by atoms with Crippen LogP contribution in [0, 0.1) is 0 Å². The second-order valence-electron chi connectivity index (χ2n) is 1.36. The highest BCUT2D eigenvalue weighted by atomic mass is 32.3. The number of rotatable bonds is 1. The lowest BCUT2D eigenvalue weighted by Crippen LogP contribution is -2.43. The molecule has 1 amide bonds. The monoisotopic (exact) mass is 154 g/mol. The normalized spacial score (nSPS) is 12.4. The maximum absolute atomic E-state index is 10.3. The number of amides is 1. The Balaban J connectivity index is 3.60. The van der Waals surface area contributed by atoms with Gasteiger partial charge in [-0.2, -0.15) is 0 Å². The molecule has 0 bridgehead atoms. The molecular formula is C2H10N4O2S. The van der Waals surface area contributed by atoms with E-state index in [9.17, 15) is 4.79 Å². The zero-order valence-corrected chi connectivity index (χ0v) is 5.77. The summed E-state index contributed by atoms with van der Waals surface area (Å²) in [5, 5.41) is 15.1. The molecular weight excluding hydrogens is 144 g/mol. The lowest BCUT2D eigenvalue weighted by molar-refractivity contribution is 0.178. The van der Waals surface area contributed by atoms with Gasteiger partial charge in [0.2, 0.25) is 0 Å². The molecule has 0 rings (SSSR count). The third-order valence-electron chi connectivity index (χ3n) is 0.446. The second-order valence-corrected chi connectivity index (χ2v) is 3.08. The Bertz CT molecular complexity index is 110. The summed E-state index contributed by atoms with van der Waals surface area (Å²) in [7, 11) is -1.27. The van der Waals surface area contributed by atoms with Crippen molar-refractivity contribution in [2.75, 3.05) is 7.11 Å². The molecule has 56 valence electrons. The molecule has 0 fully saturated rings. The largest absolute Gasteiger partial charge is 0.452 e. The number of methoxy groups -OCH3 is 1. The molecule has 0 spiro atoms. The molecule has 0 heterocycles. The van der Waals surface area contributed by atoms with Crippen LogP contribution in [0.25, 0.3) is 0 Å². The zero-order valence-electron chi connectivity index (χ0n) is 4.96. The molecule has 7 N–H and O–H groups in total. The van der Waals surface area contributed by atoms with Crippen LogP contribution in [0.2, 0.25) is 0 Å². The average molecular weight is 154 g/mol. The topological polar surface area (TPSA) is 116 Å². The van der Waals surface area contributed by atoms with E-state index in [1.54, 1.807) is 0 Å². The van der Waals surface area contributed by atoms with Crippen molar-refractivity contribution in [1.29, 1.82) is 0 Å². The van der Waals surface area contributed by atoms with Gasteiger partial charge >= 0.3 is 6.09 Å². The number of carbonyl (C=O) groups excluding carboxylic acids is 1. The lowest BCUT2D eigenvalue weighted by atomic mass is 11.2. The smallest absolute Gasteiger partial charge is 0.418 e. The predicted octanol–water partition coefficient (Wildman–Crippen LogP) is -1.32. The number of carbonyl (C=O) groups is 1. The summed E-state index contributed by atoms with van der Waals surface area (Å²) in [4.78, 5) is 10.3. The van der Waals surface area contributed by atoms with E-state index in [1.807, 2.05) is 4.72 Å². The van der Waals surface area contributed by atoms with Crippen molar-refractivity contribution in [1.82, 2.24) is 4.72 Å². The van der Waals surface area contributed by atoms with Crippen molar-refractivity contribution in [3.8, 4) is 0 Å². The summed E-state index contributed by atoms with van der Waals surface area (Å²) in [5.74, 6) is 0. The van der Waals surface area contributed by atoms with Crippen molar-refractivity contribution < 1.29 is 9.53 Å². The quantitative estimate of drug-likeness (QED) is 0.374. The van der Waals surface area contributed by atoms with E-state index in [4.69, 9.17) is 15.4 Å². The van der Waals surface area contributed by atoms with Crippen molar-refractivity contribution in [2.24, 2.45) is 15.4 Å². The summed E-state index contributed by atoms with van der Waals surface area (Å²) in [6, 6.07) is 0. The number of hydrogen-bond donors (Lipinski definition) is 4. The Morgan fingerprint density at radius 2 is 2.00 bits per heavy atom. The molecule has 0 saturated heterocycles. The SMILES string of the molecule is COC(=O)NS(N)(N)N. The van der Waals surface area contributed by atoms with E-state index in [-0.39, 0.29) is 0 Å². The molecule has 0 aromatic carbocycles. The molecule has 6 nitrogen and oxygen atoms in total. The molecule has 0 aliphatic carbocycles. The fourth-order valence-electron chi connectivity index (χ4n) is 0.186. The van der Waals surface area contributed by atoms with Gasteiger partial charge in [0.25, 0.3) is 0 Å². The van der Waals surface area contributed by atoms with Crippen LogP contribution in [0.3, 0.4) is 0 Å². The van der Waals surface area contributed by atoms with Crippen molar-refractivity contribution in [3.05, 3.63) is 0 Å². The minimum absolute atomic E-state index is 0.725. The minimum Gasteiger partial charge on any atom is -0.452 e. The van der Waals surface area contributed by atoms with Crippen LogP contribution in [-0.2, 0) is 4.74 Å². The first kappa shape index (κ1) is 8.50. The van der Waals surface area contributed by atoms with Crippen molar-refractivity contribution in [3.63, 3.8) is 0 Å². The standard InChI is InChI=1S/C2H10N4O2S/c1-8-2(7)6-9(3,4)5/h3-5H2,1H3,(H,6,7). The molecule has 0 aliphatic heterocycles. The number of hydrogen-bond acceptors (Lipinski definition) is 5. The fraction of sp³-hybridized carbons (Fsp3) is 0.500. The second kappa shape index (κ2) is 2.87. The number of ether oxygens (including phenoxy) is 1. The number of nitrogens with one attached hydrogen (secondary N) is 1. The molecule has 0 aromatic rings. The summed E-state index contributed by atoms with van der Waals surface area (Å²) >= 11 is 0. The summed E-state index contributed by atoms with van der Waals surface area (Å²) < 4.78 is 6.18. The highest BCUT2D eigenvalue weighted by Crippen LogP contribution is 2.09. The highest BCUT2D eigenvalue weighted by molar-refractivity contribution is 8.26. The van der Waals surface area contributed by atoms with Gasteiger partial charge in [-0.1, -0.05) is 0 Å². The lowest BCUT2D eigenvalue weighted by Gasteiger charge is -2.23. The van der Waals surface area contributed by atoms with Crippen LogP contribution in [0.5, 0.6) is 0 Å². The molecule has 0 saturated carbocycles. The minimum atomic E-state index is -2.46. The Morgan fingerprint density at radius 3 is 2.11 bits per heavy atom. The van der Waals surface area contributed by atoms with Crippen LogP contribution in [0.15, 0.2) is 0 Å². The van der Waals surface area contributed by atoms with Gasteiger partial charge in [0.05, 0.1) is 7.11 Å². The van der Waals surface area contributed by atoms with Gasteiger partial charge in [-0.05, 0) is 0 Å². The fourth-order valence-corrected chi connectivity index (χ4v) is 0.558. The third kappa shape index (κ3) is 5.37. The van der Waals surface area contributed by atoms with Crippen molar-refractivity contribution in [2.45, 2.75) is 0 Å². The van der Waals surface area contributed by atoms with Crippen LogP contribution < -0.4 is 20.1 Å². The summed E-state index contributed by atoms with van der Waals surface area (Å²) in [6.45, 7) is 0. The first-order chi connectivity index (χ1) is 3.95. The molecule has 0 aliphatic rings. The van der Waals surface area contributed by atoms with E-state index in [0.29, 0.717) is 0 Å². The highest BCUT2D eigenvalue weighted by Gasteiger charge is 2.08. The van der Waals surface area contributed by atoms with Gasteiger partial charge in [0.15, 0.2) is 0 Å². The van der Waals surface area contributed by atoms with Crippen LogP contribution in [0.1, 0.15) is 0 Å². The Morgan fingerprint density at radius 1 is 1.56 bits per heavy atom. The molecule has 9 heavy (non-hydrogen) atoms. The van der Waals surface area contributed by atoms with E-state index in [2.05, 4.69) is 4.74 Å². The van der Waals surface area contributed by atoms with Gasteiger partial charge < -0.3 is 4.74 Å². The Hall–Kier alpha value is -0.500. The van der Waals surface area contributed by atoms with Gasteiger partial charge in [0.1, 0.15) is 0 Å². The van der Waals surface area contributed by atoms with E-state index >= 15 is 0 Å². The molecule has 0 radical (unpaired) electrons. The van der Waals surface area contributed by atoms with Crippen molar-refractivity contribution >= 4 is 16.9 Å². The molecule has 0 atom stereocenters. The number of nitrogens with two attached hydrogens (primary N) is 3. The van der Waals surface area contributed by atoms with E-state index in [0.717, 1.165) is 0 Å². The van der Waals surface area contributed by atoms with Crippen LogP contribution in [-0.4, -0.2) is 13.2 Å². The molecule has 0 aromatic heterocycles. The average Bonchev–Trinajstić information content (AvgIpc) is 1.62. The Labute approximate surface area is 54.5 Å². The van der Waals surface area contributed by atoms with Gasteiger partial charge in [-0.15, -0.1) is 0 Å². The van der Waals surface area contributed by atoms with Gasteiger partial charge in [0, 0.05) is 10.8 Å². The van der Waals surface area contributed by atoms with Gasteiger partial charge in [-0.3, -0.25) is 15.4 Å². The van der Waals surface area contributed by atoms with E-state index in [1.165, 1.54) is 7.11 Å². The van der Waals surface area contributed by atoms with Crippen LogP contribution in [0.4, 0.5) is 4.79 Å². The van der Waals surface area contributed by atoms with E-state index < -0.39 is 16.9 Å². The third-order valence-corrected chi connectivity index (χ3v) is 0.966. The summed E-state index contributed by atoms with van der Waals surface area (Å²) in [6.07, 6.45) is -0.725. The van der Waals surface area contributed by atoms with Gasteiger partial charge in [-0.25, -0.2) is 9.52 Å². The Kier molecular flexibility index (Phi) is 2.71. The summed E-state index contributed by atoms with van der Waals surface area (Å²) in [5.41, 5.74) is 0. The first-order valence-electron chi connectivity index (χ1n) is 1.98. The molecule has 7 heteroatoms. The maximum Gasteiger partial charge on any atom is 0.418 e. The zero-order chi connectivity index (χ0) is 7.49. The van der Waals surface area contributed by atoms with Crippen LogP contribution >= 0.6 is 10.8 Å². The maximum atomic E-state index is 10.3. The first-order valence-corrected chi connectivity index (χ1v) is 3.80. The molecule has 0 unspecified atom stereocenters. The predicted molar refractivity (Wildman–Crippen MR) is 35.7 cm³/mol.